The van der Waals surface area contributed by atoms with Crippen LogP contribution in [0.3, 0.4) is 0 Å². The lowest BCUT2D eigenvalue weighted by Crippen LogP contribution is -2.34. The molecule has 25 heavy (non-hydrogen) atoms. The van der Waals surface area contributed by atoms with E-state index in [0.717, 1.165) is 36.7 Å². The second kappa shape index (κ2) is 6.94. The Hall–Kier alpha value is -2.86. The molecule has 0 radical (unpaired) electrons. The van der Waals surface area contributed by atoms with E-state index in [1.807, 2.05) is 42.7 Å². The van der Waals surface area contributed by atoms with Crippen molar-refractivity contribution in [2.45, 2.75) is 18.9 Å². The van der Waals surface area contributed by atoms with E-state index in [1.165, 1.54) is 0 Å². The molecule has 0 unspecified atom stereocenters. The molecule has 0 spiro atoms. The summed E-state index contributed by atoms with van der Waals surface area (Å²) in [7, 11) is 0. The highest BCUT2D eigenvalue weighted by molar-refractivity contribution is 5.95. The lowest BCUT2D eigenvalue weighted by molar-refractivity contribution is 0.156. The zero-order valence-corrected chi connectivity index (χ0v) is 13.8. The molecule has 3 aromatic rings. The first kappa shape index (κ1) is 15.7. The van der Waals surface area contributed by atoms with Crippen LogP contribution in [-0.4, -0.2) is 34.8 Å². The van der Waals surface area contributed by atoms with Crippen LogP contribution >= 0.6 is 0 Å². The number of hydrogen-bond donors (Lipinski definition) is 2. The molecule has 2 aromatic heterocycles. The van der Waals surface area contributed by atoms with Crippen molar-refractivity contribution in [2.24, 2.45) is 0 Å². The summed E-state index contributed by atoms with van der Waals surface area (Å²) in [5.41, 5.74) is 0.639. The minimum atomic E-state index is -0.218. The Morgan fingerprint density at radius 1 is 1.12 bits per heavy atom. The maximum Gasteiger partial charge on any atom is 0.330 e. The molecule has 3 heterocycles. The number of carbonyl (C=O) groups is 1. The second-order valence-corrected chi connectivity index (χ2v) is 6.18. The third-order valence-corrected chi connectivity index (χ3v) is 4.35. The molecule has 4 rings (SSSR count). The first-order chi connectivity index (χ1) is 12.3. The van der Waals surface area contributed by atoms with Gasteiger partial charge in [-0.1, -0.05) is 24.3 Å². The van der Waals surface area contributed by atoms with Gasteiger partial charge < -0.3 is 15.4 Å². The average molecular weight is 336 g/mol. The van der Waals surface area contributed by atoms with Crippen LogP contribution in [0.2, 0.25) is 0 Å². The second-order valence-electron chi connectivity index (χ2n) is 6.18. The molecule has 0 aliphatic carbocycles. The van der Waals surface area contributed by atoms with E-state index in [-0.39, 0.29) is 12.1 Å². The molecule has 1 aliphatic heterocycles. The number of pyridine rings is 1. The number of piperidine rings is 1. The lowest BCUT2D eigenvalue weighted by atomic mass is 10.1. The van der Waals surface area contributed by atoms with E-state index in [2.05, 4.69) is 15.6 Å². The summed E-state index contributed by atoms with van der Waals surface area (Å²) < 4.78 is 7.42. The number of fused-ring (bicyclic) bond motifs is 1. The number of ether oxygens (including phenoxy) is 1. The van der Waals surface area contributed by atoms with E-state index < -0.39 is 0 Å². The first-order valence-electron chi connectivity index (χ1n) is 8.49. The Bertz CT molecular complexity index is 834. The van der Waals surface area contributed by atoms with E-state index in [0.29, 0.717) is 11.6 Å². The highest BCUT2D eigenvalue weighted by Gasteiger charge is 2.15. The summed E-state index contributed by atoms with van der Waals surface area (Å²) in [6, 6.07) is 11.3. The Balaban J connectivity index is 1.40. The molecule has 6 heteroatoms. The number of hydrogen-bond acceptors (Lipinski definition) is 4. The Morgan fingerprint density at radius 3 is 2.48 bits per heavy atom. The summed E-state index contributed by atoms with van der Waals surface area (Å²) in [4.78, 5) is 16.7. The summed E-state index contributed by atoms with van der Waals surface area (Å²) >= 11 is 0. The third kappa shape index (κ3) is 3.64. The topological polar surface area (TPSA) is 68.2 Å². The predicted molar refractivity (Wildman–Crippen MR) is 97.1 cm³/mol. The molecule has 0 atom stereocenters. The molecule has 1 saturated heterocycles. The van der Waals surface area contributed by atoms with Crippen molar-refractivity contribution in [3.05, 3.63) is 55.0 Å². The summed E-state index contributed by atoms with van der Waals surface area (Å²) in [5.74, 6) is 0.594. The highest BCUT2D eigenvalue weighted by atomic mass is 16.5. The van der Waals surface area contributed by atoms with Gasteiger partial charge in [0.1, 0.15) is 6.10 Å². The normalized spacial score (nSPS) is 15.2. The third-order valence-electron chi connectivity index (χ3n) is 4.35. The van der Waals surface area contributed by atoms with Gasteiger partial charge in [0.15, 0.2) is 0 Å². The van der Waals surface area contributed by atoms with E-state index >= 15 is 0 Å². The minimum absolute atomic E-state index is 0.210. The standard InChI is InChI=1S/C19H20N4O2/c24-19(23-12-14-3-1-2-4-15(14)13-23)22-16-5-6-18(21-11-16)25-17-7-9-20-10-8-17/h1-6,11-13,17,20H,7-10H2,(H,22,24). The predicted octanol–water partition coefficient (Wildman–Crippen LogP) is 3.25. The fourth-order valence-electron chi connectivity index (χ4n) is 3.00. The van der Waals surface area contributed by atoms with Crippen LogP contribution < -0.4 is 15.4 Å². The molecule has 1 amide bonds. The van der Waals surface area contributed by atoms with Crippen molar-refractivity contribution in [3.63, 3.8) is 0 Å². The molecule has 6 nitrogen and oxygen atoms in total. The molecule has 1 fully saturated rings. The van der Waals surface area contributed by atoms with Gasteiger partial charge in [-0.15, -0.1) is 0 Å². The van der Waals surface area contributed by atoms with Crippen molar-refractivity contribution in [1.82, 2.24) is 14.9 Å². The summed E-state index contributed by atoms with van der Waals surface area (Å²) in [6.07, 6.45) is 7.43. The maximum atomic E-state index is 12.4. The highest BCUT2D eigenvalue weighted by Crippen LogP contribution is 2.18. The van der Waals surface area contributed by atoms with Crippen LogP contribution in [0.5, 0.6) is 5.88 Å². The van der Waals surface area contributed by atoms with Crippen LogP contribution in [0, 0.1) is 0 Å². The van der Waals surface area contributed by atoms with Gasteiger partial charge in [-0.2, -0.15) is 0 Å². The molecule has 0 bridgehead atoms. The van der Waals surface area contributed by atoms with Crippen molar-refractivity contribution in [1.29, 1.82) is 0 Å². The van der Waals surface area contributed by atoms with Crippen molar-refractivity contribution in [3.8, 4) is 5.88 Å². The van der Waals surface area contributed by atoms with Gasteiger partial charge in [-0.05, 0) is 42.8 Å². The minimum Gasteiger partial charge on any atom is -0.474 e. The van der Waals surface area contributed by atoms with Crippen LogP contribution in [-0.2, 0) is 0 Å². The van der Waals surface area contributed by atoms with E-state index in [4.69, 9.17) is 4.74 Å². The maximum absolute atomic E-state index is 12.4. The van der Waals surface area contributed by atoms with Crippen LogP contribution in [0.1, 0.15) is 12.8 Å². The lowest BCUT2D eigenvalue weighted by Gasteiger charge is -2.23. The number of nitrogens with one attached hydrogen (secondary N) is 2. The van der Waals surface area contributed by atoms with Gasteiger partial charge in [0, 0.05) is 18.5 Å². The van der Waals surface area contributed by atoms with Crippen molar-refractivity contribution in [2.75, 3.05) is 18.4 Å². The summed E-state index contributed by atoms with van der Waals surface area (Å²) in [6.45, 7) is 1.95. The zero-order valence-electron chi connectivity index (χ0n) is 13.8. The zero-order chi connectivity index (χ0) is 17.1. The van der Waals surface area contributed by atoms with E-state index in [1.54, 1.807) is 16.8 Å². The fraction of sp³-hybridized carbons (Fsp3) is 0.263. The fourth-order valence-corrected chi connectivity index (χ4v) is 3.00. The van der Waals surface area contributed by atoms with Crippen molar-refractivity contribution < 1.29 is 9.53 Å². The number of carbonyl (C=O) groups excluding carboxylic acids is 1. The molecule has 128 valence electrons. The monoisotopic (exact) mass is 336 g/mol. The molecule has 2 N–H and O–H groups in total. The number of amides is 1. The number of rotatable bonds is 3. The molecule has 1 aromatic carbocycles. The Labute approximate surface area is 145 Å². The Kier molecular flexibility index (Phi) is 4.35. The smallest absolute Gasteiger partial charge is 0.330 e. The van der Waals surface area contributed by atoms with Crippen LogP contribution in [0.4, 0.5) is 10.5 Å². The van der Waals surface area contributed by atoms with Gasteiger partial charge in [-0.3, -0.25) is 4.57 Å². The van der Waals surface area contributed by atoms with Gasteiger partial charge in [-0.25, -0.2) is 9.78 Å². The molecule has 0 saturated carbocycles. The SMILES string of the molecule is O=C(Nc1ccc(OC2CCNCC2)nc1)n1cc2ccccc2c1. The number of anilines is 1. The first-order valence-corrected chi connectivity index (χ1v) is 8.49. The summed E-state index contributed by atoms with van der Waals surface area (Å²) in [5, 5.41) is 8.21. The largest absolute Gasteiger partial charge is 0.474 e. The molecular weight excluding hydrogens is 316 g/mol. The van der Waals surface area contributed by atoms with Gasteiger partial charge in [0.05, 0.1) is 11.9 Å². The number of nitrogens with zero attached hydrogens (tertiary/aromatic N) is 2. The molecule has 1 aliphatic rings. The van der Waals surface area contributed by atoms with Crippen LogP contribution in [0.25, 0.3) is 10.8 Å². The number of aromatic nitrogens is 2. The average Bonchev–Trinajstić information content (AvgIpc) is 3.09. The number of benzene rings is 1. The quantitative estimate of drug-likeness (QED) is 0.770. The van der Waals surface area contributed by atoms with Gasteiger partial charge >= 0.3 is 6.03 Å². The van der Waals surface area contributed by atoms with E-state index in [9.17, 15) is 4.79 Å². The van der Waals surface area contributed by atoms with Crippen LogP contribution in [0.15, 0.2) is 55.0 Å². The molecular formula is C19H20N4O2. The van der Waals surface area contributed by atoms with Gasteiger partial charge in [0.25, 0.3) is 0 Å². The van der Waals surface area contributed by atoms with Gasteiger partial charge in [0.2, 0.25) is 5.88 Å². The van der Waals surface area contributed by atoms with Crippen molar-refractivity contribution >= 4 is 22.5 Å². The Morgan fingerprint density at radius 2 is 1.84 bits per heavy atom.